The molecule has 1 atom stereocenters. The molecule has 3 aromatic rings. The second-order valence-electron chi connectivity index (χ2n) is 7.93. The minimum Gasteiger partial charge on any atom is -0.483 e. The van der Waals surface area contributed by atoms with Gasteiger partial charge < -0.3 is 15.0 Å². The van der Waals surface area contributed by atoms with Crippen LogP contribution >= 0.6 is 39.1 Å². The maximum absolute atomic E-state index is 13.3. The first kappa shape index (κ1) is 26.3. The van der Waals surface area contributed by atoms with Gasteiger partial charge in [-0.1, -0.05) is 72.9 Å². The summed E-state index contributed by atoms with van der Waals surface area (Å²) in [6, 6.07) is 16.0. The van der Waals surface area contributed by atoms with Gasteiger partial charge in [0, 0.05) is 28.7 Å². The van der Waals surface area contributed by atoms with Crippen molar-refractivity contribution in [1.29, 1.82) is 0 Å². The van der Waals surface area contributed by atoms with Crippen LogP contribution in [0.4, 0.5) is 0 Å². The van der Waals surface area contributed by atoms with Gasteiger partial charge in [-0.2, -0.15) is 0 Å². The molecule has 3 rings (SSSR count). The third-order valence-corrected chi connectivity index (χ3v) is 7.09. The van der Waals surface area contributed by atoms with Crippen molar-refractivity contribution in [3.05, 3.63) is 74.7 Å². The summed E-state index contributed by atoms with van der Waals surface area (Å²) in [5.41, 5.74) is 0.583. The molecular formula is C26H27BrCl2N2O3. The van der Waals surface area contributed by atoms with Gasteiger partial charge in [-0.15, -0.1) is 0 Å². The van der Waals surface area contributed by atoms with Gasteiger partial charge in [0.2, 0.25) is 5.91 Å². The van der Waals surface area contributed by atoms with Gasteiger partial charge in [0.25, 0.3) is 5.91 Å². The Hall–Kier alpha value is -2.28. The average molecular weight is 566 g/mol. The number of ether oxygens (including phenoxy) is 1. The molecule has 8 heteroatoms. The molecule has 0 spiro atoms. The highest BCUT2D eigenvalue weighted by molar-refractivity contribution is 9.10. The predicted molar refractivity (Wildman–Crippen MR) is 142 cm³/mol. The van der Waals surface area contributed by atoms with Crippen molar-refractivity contribution in [1.82, 2.24) is 10.2 Å². The summed E-state index contributed by atoms with van der Waals surface area (Å²) >= 11 is 16.3. The van der Waals surface area contributed by atoms with Crippen molar-refractivity contribution in [2.45, 2.75) is 39.3 Å². The topological polar surface area (TPSA) is 58.6 Å². The summed E-state index contributed by atoms with van der Waals surface area (Å²) in [6.45, 7) is 4.13. The number of hydrogen-bond acceptors (Lipinski definition) is 3. The fraction of sp³-hybridized carbons (Fsp3) is 0.308. The van der Waals surface area contributed by atoms with Crippen LogP contribution in [0.1, 0.15) is 32.3 Å². The standard InChI is InChI=1S/C26H27BrCl2N2O3/c1-3-4-14-30-26(33)17(2)31(15-20-21(28)10-7-11-22(20)29)24(32)16-34-23-13-12-18-8-5-6-9-19(18)25(23)27/h5-13,17H,3-4,14-16H2,1-2H3,(H,30,33)/t17-/m0/s1. The molecule has 1 N–H and O–H groups in total. The molecule has 0 aliphatic carbocycles. The maximum Gasteiger partial charge on any atom is 0.261 e. The minimum atomic E-state index is -0.736. The maximum atomic E-state index is 13.3. The lowest BCUT2D eigenvalue weighted by molar-refractivity contribution is -0.142. The van der Waals surface area contributed by atoms with Crippen LogP contribution in [0.3, 0.4) is 0 Å². The van der Waals surface area contributed by atoms with E-state index in [0.29, 0.717) is 27.9 Å². The Morgan fingerprint density at radius 1 is 1.06 bits per heavy atom. The van der Waals surface area contributed by atoms with Crippen molar-refractivity contribution in [2.24, 2.45) is 0 Å². The zero-order chi connectivity index (χ0) is 24.7. The van der Waals surface area contributed by atoms with Crippen LogP contribution in [0.2, 0.25) is 10.0 Å². The second kappa shape index (κ2) is 12.4. The summed E-state index contributed by atoms with van der Waals surface area (Å²) < 4.78 is 6.65. The molecule has 2 amide bonds. The Morgan fingerprint density at radius 3 is 2.47 bits per heavy atom. The molecule has 0 fully saturated rings. The molecule has 0 radical (unpaired) electrons. The van der Waals surface area contributed by atoms with Crippen LogP contribution in [0.5, 0.6) is 5.75 Å². The number of nitrogens with one attached hydrogen (secondary N) is 1. The van der Waals surface area contributed by atoms with E-state index in [9.17, 15) is 9.59 Å². The van der Waals surface area contributed by atoms with Crippen LogP contribution in [-0.4, -0.2) is 35.9 Å². The number of fused-ring (bicyclic) bond motifs is 1. The van der Waals surface area contributed by atoms with Crippen LogP contribution in [0.15, 0.2) is 59.1 Å². The van der Waals surface area contributed by atoms with E-state index in [1.807, 2.05) is 43.3 Å². The molecule has 3 aromatic carbocycles. The van der Waals surface area contributed by atoms with Gasteiger partial charge in [-0.05, 0) is 58.2 Å². The van der Waals surface area contributed by atoms with Crippen LogP contribution in [0, 0.1) is 0 Å². The van der Waals surface area contributed by atoms with Gasteiger partial charge in [-0.25, -0.2) is 0 Å². The number of benzene rings is 3. The Bertz CT molecular complexity index is 1150. The minimum absolute atomic E-state index is 0.0853. The van der Waals surface area contributed by atoms with Crippen molar-refractivity contribution in [3.63, 3.8) is 0 Å². The van der Waals surface area contributed by atoms with Gasteiger partial charge in [0.15, 0.2) is 6.61 Å². The lowest BCUT2D eigenvalue weighted by Gasteiger charge is -2.29. The molecule has 0 aliphatic heterocycles. The summed E-state index contributed by atoms with van der Waals surface area (Å²) in [4.78, 5) is 27.5. The van der Waals surface area contributed by atoms with Crippen LogP contribution in [0.25, 0.3) is 10.8 Å². The number of hydrogen-bond donors (Lipinski definition) is 1. The van der Waals surface area contributed by atoms with E-state index >= 15 is 0 Å². The smallest absolute Gasteiger partial charge is 0.261 e. The molecule has 0 saturated heterocycles. The average Bonchev–Trinajstić information content (AvgIpc) is 2.83. The van der Waals surface area contributed by atoms with Gasteiger partial charge in [0.05, 0.1) is 4.47 Å². The normalized spacial score (nSPS) is 11.8. The number of nitrogens with zero attached hydrogens (tertiary/aromatic N) is 1. The van der Waals surface area contributed by atoms with Crippen molar-refractivity contribution >= 4 is 61.7 Å². The first-order valence-electron chi connectivity index (χ1n) is 11.1. The molecule has 0 unspecified atom stereocenters. The number of rotatable bonds is 10. The molecule has 0 aromatic heterocycles. The highest BCUT2D eigenvalue weighted by Gasteiger charge is 2.28. The lowest BCUT2D eigenvalue weighted by atomic mass is 10.1. The molecule has 180 valence electrons. The first-order chi connectivity index (χ1) is 16.3. The highest BCUT2D eigenvalue weighted by Crippen LogP contribution is 2.33. The quantitative estimate of drug-likeness (QED) is 0.281. The van der Waals surface area contributed by atoms with Gasteiger partial charge in [0.1, 0.15) is 11.8 Å². The fourth-order valence-electron chi connectivity index (χ4n) is 3.52. The number of carbonyl (C=O) groups is 2. The number of unbranched alkanes of at least 4 members (excludes halogenated alkanes) is 1. The zero-order valence-electron chi connectivity index (χ0n) is 19.1. The molecule has 0 heterocycles. The van der Waals surface area contributed by atoms with Crippen LogP contribution in [-0.2, 0) is 16.1 Å². The summed E-state index contributed by atoms with van der Waals surface area (Å²) in [7, 11) is 0. The Balaban J connectivity index is 1.81. The molecule has 0 bridgehead atoms. The molecule has 34 heavy (non-hydrogen) atoms. The third-order valence-electron chi connectivity index (χ3n) is 5.57. The van der Waals surface area contributed by atoms with Crippen LogP contribution < -0.4 is 10.1 Å². The molecule has 0 saturated carbocycles. The number of halogens is 3. The Morgan fingerprint density at radius 2 is 1.76 bits per heavy atom. The van der Waals surface area contributed by atoms with Gasteiger partial charge >= 0.3 is 0 Å². The third kappa shape index (κ3) is 6.44. The fourth-order valence-corrected chi connectivity index (χ4v) is 4.64. The molecular weight excluding hydrogens is 539 g/mol. The second-order valence-corrected chi connectivity index (χ2v) is 9.54. The van der Waals surface area contributed by atoms with E-state index in [1.165, 1.54) is 4.90 Å². The van der Waals surface area contributed by atoms with E-state index < -0.39 is 6.04 Å². The largest absolute Gasteiger partial charge is 0.483 e. The van der Waals surface area contributed by atoms with E-state index in [1.54, 1.807) is 25.1 Å². The van der Waals surface area contributed by atoms with Crippen molar-refractivity contribution < 1.29 is 14.3 Å². The van der Waals surface area contributed by atoms with Gasteiger partial charge in [-0.3, -0.25) is 9.59 Å². The van der Waals surface area contributed by atoms with Crippen molar-refractivity contribution in [3.8, 4) is 5.75 Å². The summed E-state index contributed by atoms with van der Waals surface area (Å²) in [6.07, 6.45) is 1.82. The van der Waals surface area contributed by atoms with Crippen molar-refractivity contribution in [2.75, 3.05) is 13.2 Å². The zero-order valence-corrected chi connectivity index (χ0v) is 22.2. The van der Waals surface area contributed by atoms with E-state index in [-0.39, 0.29) is 25.0 Å². The van der Waals surface area contributed by atoms with E-state index in [0.717, 1.165) is 28.1 Å². The molecule has 5 nitrogen and oxygen atoms in total. The Labute approximate surface area is 218 Å². The molecule has 0 aliphatic rings. The number of carbonyl (C=O) groups excluding carboxylic acids is 2. The highest BCUT2D eigenvalue weighted by atomic mass is 79.9. The summed E-state index contributed by atoms with van der Waals surface area (Å²) in [5, 5.41) is 5.79. The lowest BCUT2D eigenvalue weighted by Crippen LogP contribution is -2.49. The Kier molecular flexibility index (Phi) is 9.63. The number of amides is 2. The monoisotopic (exact) mass is 564 g/mol. The summed E-state index contributed by atoms with van der Waals surface area (Å²) in [5.74, 6) is -0.0473. The first-order valence-corrected chi connectivity index (χ1v) is 12.7. The predicted octanol–water partition coefficient (Wildman–Crippen LogP) is 6.62. The van der Waals surface area contributed by atoms with E-state index in [4.69, 9.17) is 27.9 Å². The van der Waals surface area contributed by atoms with E-state index in [2.05, 4.69) is 21.2 Å². The SMILES string of the molecule is CCCCNC(=O)[C@H](C)N(Cc1c(Cl)cccc1Cl)C(=O)COc1ccc2ccccc2c1Br.